The van der Waals surface area contributed by atoms with E-state index in [1.54, 1.807) is 12.1 Å². The normalized spacial score (nSPS) is 13.3. The summed E-state index contributed by atoms with van der Waals surface area (Å²) in [5.74, 6) is 0.447. The molecule has 0 aliphatic carbocycles. The van der Waals surface area contributed by atoms with Crippen molar-refractivity contribution in [3.8, 4) is 0 Å². The molecule has 0 aliphatic rings. The quantitative estimate of drug-likeness (QED) is 0.586. The van der Waals surface area contributed by atoms with Gasteiger partial charge < -0.3 is 0 Å². The molecule has 142 valence electrons. The Hall–Kier alpha value is -1.40. The topological polar surface area (TPSA) is 46.6 Å². The molecule has 2 aromatic carbocycles. The molecule has 0 spiro atoms. The predicted molar refractivity (Wildman–Crippen MR) is 107 cm³/mol. The molecule has 0 N–H and O–H groups in total. The number of nitrogens with zero attached hydrogens (tertiary/aromatic N) is 1. The molecule has 2 rings (SSSR count). The highest BCUT2D eigenvalue weighted by atomic mass is 35.5. The summed E-state index contributed by atoms with van der Waals surface area (Å²) < 4.78 is 29.0. The van der Waals surface area contributed by atoms with Gasteiger partial charge in [-0.2, -0.15) is 8.42 Å². The monoisotopic (exact) mass is 395 g/mol. The van der Waals surface area contributed by atoms with Gasteiger partial charge in [0.15, 0.2) is 0 Å². The van der Waals surface area contributed by atoms with Crippen molar-refractivity contribution in [3.05, 3.63) is 70.7 Å². The molecule has 0 aromatic heterocycles. The van der Waals surface area contributed by atoms with Crippen molar-refractivity contribution in [1.82, 2.24) is 4.90 Å². The van der Waals surface area contributed by atoms with Crippen LogP contribution in [0.25, 0.3) is 0 Å². The van der Waals surface area contributed by atoms with Crippen LogP contribution in [0, 0.1) is 5.92 Å². The first-order valence-electron chi connectivity index (χ1n) is 8.63. The smallest absolute Gasteiger partial charge is 0.265 e. The van der Waals surface area contributed by atoms with Crippen LogP contribution in [-0.4, -0.2) is 32.7 Å². The Bertz CT molecular complexity index is 776. The molecule has 0 saturated carbocycles. The second-order valence-corrected chi connectivity index (χ2v) is 8.95. The minimum Gasteiger partial charge on any atom is -0.296 e. The van der Waals surface area contributed by atoms with Crippen molar-refractivity contribution in [3.63, 3.8) is 0 Å². The van der Waals surface area contributed by atoms with Crippen LogP contribution in [-0.2, 0) is 20.8 Å². The van der Waals surface area contributed by atoms with E-state index in [1.807, 2.05) is 30.3 Å². The number of halogens is 1. The van der Waals surface area contributed by atoms with Crippen molar-refractivity contribution in [2.75, 3.05) is 19.3 Å². The average Bonchev–Trinajstić information content (AvgIpc) is 2.54. The van der Waals surface area contributed by atoms with Crippen molar-refractivity contribution in [1.29, 1.82) is 0 Å². The van der Waals surface area contributed by atoms with Crippen LogP contribution in [0.4, 0.5) is 0 Å². The van der Waals surface area contributed by atoms with E-state index in [4.69, 9.17) is 15.8 Å². The first kappa shape index (κ1) is 20.9. The van der Waals surface area contributed by atoms with Crippen LogP contribution >= 0.6 is 11.6 Å². The first-order valence-corrected chi connectivity index (χ1v) is 10.8. The van der Waals surface area contributed by atoms with Gasteiger partial charge in [0, 0.05) is 24.7 Å². The Labute approximate surface area is 161 Å². The molecule has 0 amide bonds. The highest BCUT2D eigenvalue weighted by Crippen LogP contribution is 2.24. The zero-order valence-electron chi connectivity index (χ0n) is 15.4. The molecule has 0 radical (unpaired) electrons. The molecule has 26 heavy (non-hydrogen) atoms. The zero-order valence-corrected chi connectivity index (χ0v) is 17.0. The molecule has 2 aromatic rings. The highest BCUT2D eigenvalue weighted by molar-refractivity contribution is 7.86. The Kier molecular flexibility index (Phi) is 7.65. The molecule has 1 unspecified atom stereocenters. The summed E-state index contributed by atoms with van der Waals surface area (Å²) in [5, 5.41) is 0.607. The third kappa shape index (κ3) is 7.46. The summed E-state index contributed by atoms with van der Waals surface area (Å²) in [4.78, 5) is 2.23. The van der Waals surface area contributed by atoms with Crippen LogP contribution in [0.5, 0.6) is 0 Å². The summed E-state index contributed by atoms with van der Waals surface area (Å²) in [6.45, 7) is 6.34. The lowest BCUT2D eigenvalue weighted by molar-refractivity contribution is 0.126. The van der Waals surface area contributed by atoms with Crippen molar-refractivity contribution in [2.24, 2.45) is 5.92 Å². The Morgan fingerprint density at radius 2 is 1.62 bits per heavy atom. The predicted octanol–water partition coefficient (Wildman–Crippen LogP) is 4.52. The third-order valence-electron chi connectivity index (χ3n) is 3.83. The van der Waals surface area contributed by atoms with E-state index in [0.29, 0.717) is 17.5 Å². The van der Waals surface area contributed by atoms with E-state index >= 15 is 0 Å². The second-order valence-electron chi connectivity index (χ2n) is 6.91. The van der Waals surface area contributed by atoms with Gasteiger partial charge >= 0.3 is 0 Å². The Morgan fingerprint density at radius 1 is 1.00 bits per heavy atom. The summed E-state index contributed by atoms with van der Waals surface area (Å²) in [7, 11) is -3.59. The maximum atomic E-state index is 11.8. The maximum Gasteiger partial charge on any atom is 0.265 e. The van der Waals surface area contributed by atoms with Gasteiger partial charge in [0.25, 0.3) is 10.1 Å². The highest BCUT2D eigenvalue weighted by Gasteiger charge is 2.22. The van der Waals surface area contributed by atoms with Gasteiger partial charge in [-0.25, -0.2) is 0 Å². The van der Waals surface area contributed by atoms with E-state index in [0.717, 1.165) is 24.9 Å². The largest absolute Gasteiger partial charge is 0.296 e. The molecule has 0 bridgehead atoms. The van der Waals surface area contributed by atoms with Gasteiger partial charge in [-0.1, -0.05) is 67.9 Å². The summed E-state index contributed by atoms with van der Waals surface area (Å²) in [6, 6.07) is 17.3. The lowest BCUT2D eigenvalue weighted by atomic mass is 10.1. The Morgan fingerprint density at radius 3 is 2.15 bits per heavy atom. The standard InChI is InChI=1S/C20H26ClNO3S/c1-16(2)13-22(14-17-7-5-4-6-8-17)15-20(25-26(3,23)24)18-9-11-19(21)12-10-18/h4-12,16,20H,13-15H2,1-3H3. The molecule has 4 nitrogen and oxygen atoms in total. The van der Waals surface area contributed by atoms with E-state index in [1.165, 1.54) is 5.56 Å². The SMILES string of the molecule is CC(C)CN(Cc1ccccc1)CC(OS(C)(=O)=O)c1ccc(Cl)cc1. The average molecular weight is 396 g/mol. The van der Waals surface area contributed by atoms with Gasteiger partial charge in [0.05, 0.1) is 6.26 Å². The summed E-state index contributed by atoms with van der Waals surface area (Å²) in [6.07, 6.45) is 0.504. The van der Waals surface area contributed by atoms with Crippen molar-refractivity contribution in [2.45, 2.75) is 26.5 Å². The maximum absolute atomic E-state index is 11.8. The fourth-order valence-electron chi connectivity index (χ4n) is 2.88. The van der Waals surface area contributed by atoms with E-state index in [2.05, 4.69) is 30.9 Å². The van der Waals surface area contributed by atoms with E-state index in [9.17, 15) is 8.42 Å². The molecule has 0 saturated heterocycles. The minimum absolute atomic E-state index is 0.447. The molecule has 0 aliphatic heterocycles. The van der Waals surface area contributed by atoms with Gasteiger partial charge in [0.1, 0.15) is 6.10 Å². The third-order valence-corrected chi connectivity index (χ3v) is 4.66. The van der Waals surface area contributed by atoms with Crippen molar-refractivity contribution >= 4 is 21.7 Å². The van der Waals surface area contributed by atoms with E-state index < -0.39 is 16.2 Å². The molecule has 1 atom stereocenters. The number of benzene rings is 2. The number of hydrogen-bond donors (Lipinski definition) is 0. The van der Waals surface area contributed by atoms with Gasteiger partial charge in [-0.05, 0) is 29.2 Å². The summed E-state index contributed by atoms with van der Waals surface area (Å²) in [5.41, 5.74) is 1.98. The summed E-state index contributed by atoms with van der Waals surface area (Å²) >= 11 is 5.96. The molecule has 0 fully saturated rings. The molecule has 6 heteroatoms. The number of rotatable bonds is 9. The lowest BCUT2D eigenvalue weighted by Crippen LogP contribution is -2.33. The van der Waals surface area contributed by atoms with Crippen LogP contribution in [0.15, 0.2) is 54.6 Å². The fraction of sp³-hybridized carbons (Fsp3) is 0.400. The molecular formula is C20H26ClNO3S. The van der Waals surface area contributed by atoms with Crippen LogP contribution in [0.1, 0.15) is 31.1 Å². The number of hydrogen-bond acceptors (Lipinski definition) is 4. The zero-order chi connectivity index (χ0) is 19.2. The van der Waals surface area contributed by atoms with Crippen molar-refractivity contribution < 1.29 is 12.6 Å². The molecular weight excluding hydrogens is 370 g/mol. The van der Waals surface area contributed by atoms with E-state index in [-0.39, 0.29) is 0 Å². The van der Waals surface area contributed by atoms with Crippen LogP contribution < -0.4 is 0 Å². The van der Waals surface area contributed by atoms with Gasteiger partial charge in [0.2, 0.25) is 0 Å². The minimum atomic E-state index is -3.59. The molecule has 0 heterocycles. The Balaban J connectivity index is 2.24. The van der Waals surface area contributed by atoms with Gasteiger partial charge in [-0.3, -0.25) is 9.08 Å². The second kappa shape index (κ2) is 9.51. The van der Waals surface area contributed by atoms with Crippen LogP contribution in [0.2, 0.25) is 5.02 Å². The lowest BCUT2D eigenvalue weighted by Gasteiger charge is -2.28. The van der Waals surface area contributed by atoms with Crippen LogP contribution in [0.3, 0.4) is 0 Å². The van der Waals surface area contributed by atoms with Gasteiger partial charge in [-0.15, -0.1) is 0 Å². The first-order chi connectivity index (χ1) is 12.2. The fourth-order valence-corrected chi connectivity index (χ4v) is 3.60.